The van der Waals surface area contributed by atoms with E-state index in [1.807, 2.05) is 60.7 Å². The number of carbonyl (C=O) groups is 1. The zero-order valence-electron chi connectivity index (χ0n) is 18.9. The molecule has 0 saturated heterocycles. The predicted octanol–water partition coefficient (Wildman–Crippen LogP) is 4.90. The third kappa shape index (κ3) is 5.87. The van der Waals surface area contributed by atoms with Crippen LogP contribution in [0.4, 0.5) is 11.4 Å². The molecule has 1 amide bonds. The highest BCUT2D eigenvalue weighted by molar-refractivity contribution is 7.99. The summed E-state index contributed by atoms with van der Waals surface area (Å²) in [5.74, 6) is -0.0533. The number of anilines is 2. The van der Waals surface area contributed by atoms with Crippen molar-refractivity contribution in [2.24, 2.45) is 0 Å². The van der Waals surface area contributed by atoms with Gasteiger partial charge in [-0.05, 0) is 36.4 Å². The molecule has 0 atom stereocenters. The number of nitrogens with zero attached hydrogens (tertiary/aromatic N) is 4. The highest BCUT2D eigenvalue weighted by Crippen LogP contribution is 2.28. The van der Waals surface area contributed by atoms with Crippen molar-refractivity contribution in [3.8, 4) is 0 Å². The number of para-hydroxylation sites is 2. The van der Waals surface area contributed by atoms with Crippen LogP contribution in [0.3, 0.4) is 0 Å². The number of thioether (sulfide) groups is 1. The van der Waals surface area contributed by atoms with E-state index in [1.165, 1.54) is 11.8 Å². The van der Waals surface area contributed by atoms with Gasteiger partial charge in [0.1, 0.15) is 11.6 Å². The lowest BCUT2D eigenvalue weighted by atomic mass is 10.2. The molecule has 0 unspecified atom stereocenters. The zero-order valence-corrected chi connectivity index (χ0v) is 20.5. The average Bonchev–Trinajstić information content (AvgIpc) is 3.25. The summed E-state index contributed by atoms with van der Waals surface area (Å²) < 4.78 is 27.4. The van der Waals surface area contributed by atoms with Crippen molar-refractivity contribution in [1.29, 1.82) is 0 Å². The molecule has 0 fully saturated rings. The van der Waals surface area contributed by atoms with E-state index in [0.717, 1.165) is 11.4 Å². The summed E-state index contributed by atoms with van der Waals surface area (Å²) in [6, 6.07) is 27.1. The van der Waals surface area contributed by atoms with Crippen LogP contribution in [0.15, 0.2) is 114 Å². The Kier molecular flexibility index (Phi) is 7.79. The standard InChI is InChI=1S/C26H24N4O3S2/c1-2-18-29-24(20-35(32,33)23-16-10-5-11-17-23)27-28-26(29)34-19-25(31)30(21-12-6-3-7-13-21)22-14-8-4-9-15-22/h2-17H,1,18-20H2. The first kappa shape index (κ1) is 24.4. The molecule has 35 heavy (non-hydrogen) atoms. The first-order chi connectivity index (χ1) is 17.0. The Morgan fingerprint density at radius 2 is 1.43 bits per heavy atom. The molecule has 0 aliphatic heterocycles. The minimum Gasteiger partial charge on any atom is -0.301 e. The largest absolute Gasteiger partial charge is 0.301 e. The smallest absolute Gasteiger partial charge is 0.242 e. The van der Waals surface area contributed by atoms with Crippen LogP contribution in [-0.2, 0) is 26.9 Å². The van der Waals surface area contributed by atoms with Crippen LogP contribution in [0, 0.1) is 0 Å². The third-order valence-electron chi connectivity index (χ3n) is 5.13. The Labute approximate surface area is 209 Å². The van der Waals surface area contributed by atoms with Crippen molar-refractivity contribution in [1.82, 2.24) is 14.8 Å². The number of amides is 1. The summed E-state index contributed by atoms with van der Waals surface area (Å²) in [6.45, 7) is 4.09. The van der Waals surface area contributed by atoms with Gasteiger partial charge >= 0.3 is 0 Å². The third-order valence-corrected chi connectivity index (χ3v) is 7.71. The molecule has 0 N–H and O–H groups in total. The van der Waals surface area contributed by atoms with Gasteiger partial charge in [-0.15, -0.1) is 16.8 Å². The first-order valence-corrected chi connectivity index (χ1v) is 13.5. The topological polar surface area (TPSA) is 85.2 Å². The summed E-state index contributed by atoms with van der Waals surface area (Å²) in [7, 11) is -3.60. The van der Waals surface area contributed by atoms with E-state index >= 15 is 0 Å². The number of sulfone groups is 1. The van der Waals surface area contributed by atoms with Gasteiger partial charge in [0, 0.05) is 17.9 Å². The van der Waals surface area contributed by atoms with E-state index in [0.29, 0.717) is 17.5 Å². The molecule has 3 aromatic carbocycles. The van der Waals surface area contributed by atoms with E-state index in [1.54, 1.807) is 45.9 Å². The van der Waals surface area contributed by atoms with Gasteiger partial charge in [0.05, 0.1) is 10.6 Å². The van der Waals surface area contributed by atoms with Gasteiger partial charge in [-0.1, -0.05) is 72.4 Å². The fourth-order valence-electron chi connectivity index (χ4n) is 3.51. The highest BCUT2D eigenvalue weighted by atomic mass is 32.2. The Bertz CT molecular complexity index is 1350. The maximum Gasteiger partial charge on any atom is 0.242 e. The Morgan fingerprint density at radius 3 is 1.97 bits per heavy atom. The number of carbonyl (C=O) groups excluding carboxylic acids is 1. The SMILES string of the molecule is C=CCn1c(CS(=O)(=O)c2ccccc2)nnc1SCC(=O)N(c1ccccc1)c1ccccc1. The monoisotopic (exact) mass is 504 g/mol. The van der Waals surface area contributed by atoms with Gasteiger partial charge in [0.2, 0.25) is 5.91 Å². The molecular weight excluding hydrogens is 480 g/mol. The van der Waals surface area contributed by atoms with Gasteiger partial charge in [-0.25, -0.2) is 8.42 Å². The van der Waals surface area contributed by atoms with Crippen LogP contribution in [0.2, 0.25) is 0 Å². The van der Waals surface area contributed by atoms with Crippen LogP contribution in [0.25, 0.3) is 0 Å². The predicted molar refractivity (Wildman–Crippen MR) is 138 cm³/mol. The second kappa shape index (κ2) is 11.2. The molecule has 9 heteroatoms. The molecule has 4 rings (SSSR count). The van der Waals surface area contributed by atoms with E-state index in [9.17, 15) is 13.2 Å². The van der Waals surface area contributed by atoms with Crippen molar-refractivity contribution >= 4 is 38.9 Å². The highest BCUT2D eigenvalue weighted by Gasteiger charge is 2.23. The number of hydrogen-bond acceptors (Lipinski definition) is 6. The molecule has 7 nitrogen and oxygen atoms in total. The fourth-order valence-corrected chi connectivity index (χ4v) is 5.62. The van der Waals surface area contributed by atoms with Gasteiger partial charge in [0.25, 0.3) is 0 Å². The molecule has 0 saturated carbocycles. The van der Waals surface area contributed by atoms with Crippen molar-refractivity contribution in [3.63, 3.8) is 0 Å². The summed E-state index contributed by atoms with van der Waals surface area (Å²) in [5.41, 5.74) is 1.51. The molecule has 0 aliphatic carbocycles. The lowest BCUT2D eigenvalue weighted by Gasteiger charge is -2.23. The van der Waals surface area contributed by atoms with Crippen molar-refractivity contribution in [3.05, 3.63) is 109 Å². The Morgan fingerprint density at radius 1 is 0.886 bits per heavy atom. The molecule has 0 aliphatic rings. The Balaban J connectivity index is 1.55. The van der Waals surface area contributed by atoms with Crippen molar-refractivity contribution in [2.45, 2.75) is 22.3 Å². The van der Waals surface area contributed by atoms with Crippen molar-refractivity contribution in [2.75, 3.05) is 10.7 Å². The van der Waals surface area contributed by atoms with Gasteiger partial charge in [0.15, 0.2) is 15.0 Å². The minimum absolute atomic E-state index is 0.0878. The quantitative estimate of drug-likeness (QED) is 0.226. The summed E-state index contributed by atoms with van der Waals surface area (Å²) in [6.07, 6.45) is 1.65. The second-order valence-electron chi connectivity index (χ2n) is 7.56. The zero-order chi connectivity index (χ0) is 24.7. The molecule has 4 aromatic rings. The van der Waals surface area contributed by atoms with Gasteiger partial charge < -0.3 is 4.57 Å². The van der Waals surface area contributed by atoms with E-state index < -0.39 is 9.84 Å². The van der Waals surface area contributed by atoms with Gasteiger partial charge in [-0.2, -0.15) is 0 Å². The number of hydrogen-bond donors (Lipinski definition) is 0. The fraction of sp³-hybridized carbons (Fsp3) is 0.115. The second-order valence-corrected chi connectivity index (χ2v) is 10.5. The number of aromatic nitrogens is 3. The van der Waals surface area contributed by atoms with E-state index in [4.69, 9.17) is 0 Å². The van der Waals surface area contributed by atoms with Crippen LogP contribution in [-0.4, -0.2) is 34.8 Å². The first-order valence-electron chi connectivity index (χ1n) is 10.9. The average molecular weight is 505 g/mol. The molecule has 0 radical (unpaired) electrons. The van der Waals surface area contributed by atoms with Gasteiger partial charge in [-0.3, -0.25) is 9.69 Å². The van der Waals surface area contributed by atoms with Crippen LogP contribution < -0.4 is 4.90 Å². The van der Waals surface area contributed by atoms with Crippen molar-refractivity contribution < 1.29 is 13.2 Å². The molecule has 0 spiro atoms. The van der Waals surface area contributed by atoms with Crippen LogP contribution in [0.1, 0.15) is 5.82 Å². The van der Waals surface area contributed by atoms with Crippen LogP contribution in [0.5, 0.6) is 0 Å². The number of allylic oxidation sites excluding steroid dienone is 1. The van der Waals surface area contributed by atoms with E-state index in [2.05, 4.69) is 16.8 Å². The van der Waals surface area contributed by atoms with Crippen LogP contribution >= 0.6 is 11.8 Å². The summed E-state index contributed by atoms with van der Waals surface area (Å²) in [4.78, 5) is 15.2. The summed E-state index contributed by atoms with van der Waals surface area (Å²) >= 11 is 1.21. The maximum absolute atomic E-state index is 13.3. The number of benzene rings is 3. The molecular formula is C26H24N4O3S2. The lowest BCUT2D eigenvalue weighted by molar-refractivity contribution is -0.115. The minimum atomic E-state index is -3.60. The number of rotatable bonds is 10. The summed E-state index contributed by atoms with van der Waals surface area (Å²) in [5, 5.41) is 8.76. The lowest BCUT2D eigenvalue weighted by Crippen LogP contribution is -2.27. The Hall–Kier alpha value is -3.69. The molecule has 178 valence electrons. The van der Waals surface area contributed by atoms with E-state index in [-0.39, 0.29) is 22.3 Å². The normalized spacial score (nSPS) is 11.2. The molecule has 1 aromatic heterocycles. The maximum atomic E-state index is 13.3. The molecule has 0 bridgehead atoms. The molecule has 1 heterocycles.